The van der Waals surface area contributed by atoms with Gasteiger partial charge in [-0.2, -0.15) is 0 Å². The summed E-state index contributed by atoms with van der Waals surface area (Å²) < 4.78 is 25.9. The molecule has 18 heavy (non-hydrogen) atoms. The van der Waals surface area contributed by atoms with Crippen LogP contribution in [0, 0.1) is 11.6 Å². The summed E-state index contributed by atoms with van der Waals surface area (Å²) in [5, 5.41) is 9.69. The van der Waals surface area contributed by atoms with Gasteiger partial charge in [0.15, 0.2) is 11.6 Å². The minimum Gasteiger partial charge on any atom is -0.392 e. The summed E-state index contributed by atoms with van der Waals surface area (Å²) in [7, 11) is 0. The summed E-state index contributed by atoms with van der Waals surface area (Å²) in [4.78, 5) is 1.27. The second-order valence-corrected chi connectivity index (χ2v) is 5.08. The van der Waals surface area contributed by atoms with Gasteiger partial charge in [0.25, 0.3) is 0 Å². The van der Waals surface area contributed by atoms with E-state index in [4.69, 9.17) is 11.6 Å². The van der Waals surface area contributed by atoms with Crippen LogP contribution < -0.4 is 0 Å². The molecule has 2 rings (SSSR count). The van der Waals surface area contributed by atoms with Gasteiger partial charge >= 0.3 is 0 Å². The summed E-state index contributed by atoms with van der Waals surface area (Å²) in [6.07, 6.45) is 0. The minimum atomic E-state index is -0.896. The molecule has 1 N–H and O–H groups in total. The summed E-state index contributed by atoms with van der Waals surface area (Å²) in [5.41, 5.74) is 0.578. The van der Waals surface area contributed by atoms with Gasteiger partial charge < -0.3 is 5.11 Å². The first-order chi connectivity index (χ1) is 8.61. The SMILES string of the molecule is OCc1c(Cl)cccc1Sc1ccc(F)c(F)c1. The van der Waals surface area contributed by atoms with Gasteiger partial charge in [-0.3, -0.25) is 0 Å². The molecule has 1 nitrogen and oxygen atoms in total. The third-order valence-electron chi connectivity index (χ3n) is 2.35. The fourth-order valence-corrected chi connectivity index (χ4v) is 2.74. The maximum atomic E-state index is 13.1. The van der Waals surface area contributed by atoms with E-state index in [-0.39, 0.29) is 6.61 Å². The molecule has 0 unspecified atom stereocenters. The van der Waals surface area contributed by atoms with E-state index in [0.717, 1.165) is 17.0 Å². The van der Waals surface area contributed by atoms with Crippen LogP contribution in [0.2, 0.25) is 5.02 Å². The van der Waals surface area contributed by atoms with E-state index in [0.29, 0.717) is 15.5 Å². The molecule has 0 amide bonds. The van der Waals surface area contributed by atoms with E-state index >= 15 is 0 Å². The summed E-state index contributed by atoms with van der Waals surface area (Å²) in [6, 6.07) is 8.84. The highest BCUT2D eigenvalue weighted by atomic mass is 35.5. The molecule has 0 aliphatic rings. The zero-order valence-electron chi connectivity index (χ0n) is 9.16. The molecule has 0 heterocycles. The maximum Gasteiger partial charge on any atom is 0.159 e. The van der Waals surface area contributed by atoms with Crippen molar-refractivity contribution in [1.29, 1.82) is 0 Å². The van der Waals surface area contributed by atoms with E-state index in [1.807, 2.05) is 0 Å². The largest absolute Gasteiger partial charge is 0.392 e. The standard InChI is InChI=1S/C13H9ClF2OS/c14-10-2-1-3-13(9(10)7-17)18-8-4-5-11(15)12(16)6-8/h1-6,17H,7H2. The Balaban J connectivity index is 2.34. The molecule has 94 valence electrons. The lowest BCUT2D eigenvalue weighted by Crippen LogP contribution is -1.90. The summed E-state index contributed by atoms with van der Waals surface area (Å²) in [5.74, 6) is -1.78. The lowest BCUT2D eigenvalue weighted by Gasteiger charge is -2.08. The second kappa shape index (κ2) is 5.69. The highest BCUT2D eigenvalue weighted by Gasteiger charge is 2.09. The molecule has 0 aliphatic heterocycles. The first kappa shape index (κ1) is 13.3. The van der Waals surface area contributed by atoms with Crippen LogP contribution in [0.25, 0.3) is 0 Å². The van der Waals surface area contributed by atoms with Crippen molar-refractivity contribution in [2.24, 2.45) is 0 Å². The highest BCUT2D eigenvalue weighted by Crippen LogP contribution is 2.34. The average Bonchev–Trinajstić information content (AvgIpc) is 2.34. The molecule has 0 fully saturated rings. The van der Waals surface area contributed by atoms with Crippen LogP contribution in [-0.4, -0.2) is 5.11 Å². The van der Waals surface area contributed by atoms with Gasteiger partial charge in [-0.05, 0) is 30.3 Å². The molecular formula is C13H9ClF2OS. The normalized spacial score (nSPS) is 10.7. The van der Waals surface area contributed by atoms with Gasteiger partial charge in [0.1, 0.15) is 0 Å². The Labute approximate surface area is 112 Å². The fourth-order valence-electron chi connectivity index (χ4n) is 1.46. The van der Waals surface area contributed by atoms with Gasteiger partial charge in [0.2, 0.25) is 0 Å². The second-order valence-electron chi connectivity index (χ2n) is 3.55. The first-order valence-electron chi connectivity index (χ1n) is 5.13. The Kier molecular flexibility index (Phi) is 4.22. The highest BCUT2D eigenvalue weighted by molar-refractivity contribution is 7.99. The predicted octanol–water partition coefficient (Wildman–Crippen LogP) is 4.26. The number of aliphatic hydroxyl groups is 1. The lowest BCUT2D eigenvalue weighted by molar-refractivity contribution is 0.279. The number of hydrogen-bond acceptors (Lipinski definition) is 2. The Morgan fingerprint density at radius 3 is 2.56 bits per heavy atom. The molecule has 2 aromatic carbocycles. The zero-order valence-corrected chi connectivity index (χ0v) is 10.7. The molecule has 0 saturated heterocycles. The van der Waals surface area contributed by atoms with Crippen LogP contribution >= 0.6 is 23.4 Å². The van der Waals surface area contributed by atoms with Crippen molar-refractivity contribution in [2.45, 2.75) is 16.4 Å². The van der Waals surface area contributed by atoms with E-state index in [9.17, 15) is 13.9 Å². The molecule has 0 bridgehead atoms. The molecule has 0 aliphatic carbocycles. The van der Waals surface area contributed by atoms with E-state index in [1.54, 1.807) is 18.2 Å². The van der Waals surface area contributed by atoms with Crippen LogP contribution in [0.4, 0.5) is 8.78 Å². The van der Waals surface area contributed by atoms with Crippen LogP contribution in [0.1, 0.15) is 5.56 Å². The van der Waals surface area contributed by atoms with E-state index in [2.05, 4.69) is 0 Å². The van der Waals surface area contributed by atoms with Crippen molar-refractivity contribution >= 4 is 23.4 Å². The Morgan fingerprint density at radius 1 is 1.11 bits per heavy atom. The number of hydrogen-bond donors (Lipinski definition) is 1. The van der Waals surface area contributed by atoms with Gasteiger partial charge in [0, 0.05) is 20.4 Å². The molecule has 0 radical (unpaired) electrons. The van der Waals surface area contributed by atoms with Gasteiger partial charge in [-0.1, -0.05) is 29.4 Å². The number of halogens is 3. The van der Waals surface area contributed by atoms with Gasteiger partial charge in [-0.15, -0.1) is 0 Å². The van der Waals surface area contributed by atoms with E-state index < -0.39 is 11.6 Å². The molecule has 2 aromatic rings. The van der Waals surface area contributed by atoms with Crippen molar-refractivity contribution in [3.05, 3.63) is 58.6 Å². The third-order valence-corrected chi connectivity index (χ3v) is 3.80. The van der Waals surface area contributed by atoms with Crippen LogP contribution in [0.3, 0.4) is 0 Å². The molecule has 0 aromatic heterocycles. The summed E-state index contributed by atoms with van der Waals surface area (Å²) >= 11 is 7.17. The lowest BCUT2D eigenvalue weighted by atomic mass is 10.2. The minimum absolute atomic E-state index is 0.203. The number of benzene rings is 2. The topological polar surface area (TPSA) is 20.2 Å². The summed E-state index contributed by atoms with van der Waals surface area (Å²) in [6.45, 7) is -0.203. The Morgan fingerprint density at radius 2 is 1.89 bits per heavy atom. The zero-order chi connectivity index (χ0) is 13.1. The van der Waals surface area contributed by atoms with Crippen LogP contribution in [0.15, 0.2) is 46.2 Å². The first-order valence-corrected chi connectivity index (χ1v) is 6.32. The molecular weight excluding hydrogens is 278 g/mol. The average molecular weight is 287 g/mol. The Bertz CT molecular complexity index is 575. The van der Waals surface area contributed by atoms with Gasteiger partial charge in [-0.25, -0.2) is 8.78 Å². The van der Waals surface area contributed by atoms with Crippen molar-refractivity contribution in [2.75, 3.05) is 0 Å². The quantitative estimate of drug-likeness (QED) is 0.910. The monoisotopic (exact) mass is 286 g/mol. The molecule has 0 atom stereocenters. The molecule has 0 saturated carbocycles. The van der Waals surface area contributed by atoms with E-state index in [1.165, 1.54) is 17.8 Å². The number of rotatable bonds is 3. The third kappa shape index (κ3) is 2.83. The fraction of sp³-hybridized carbons (Fsp3) is 0.0769. The van der Waals surface area contributed by atoms with Crippen molar-refractivity contribution in [3.63, 3.8) is 0 Å². The van der Waals surface area contributed by atoms with Crippen LogP contribution in [-0.2, 0) is 6.61 Å². The van der Waals surface area contributed by atoms with Crippen molar-refractivity contribution < 1.29 is 13.9 Å². The Hall–Kier alpha value is -1.10. The number of aliphatic hydroxyl groups excluding tert-OH is 1. The van der Waals surface area contributed by atoms with Crippen LogP contribution in [0.5, 0.6) is 0 Å². The van der Waals surface area contributed by atoms with Gasteiger partial charge in [0.05, 0.1) is 6.61 Å². The van der Waals surface area contributed by atoms with Crippen molar-refractivity contribution in [3.8, 4) is 0 Å². The predicted molar refractivity (Wildman–Crippen MR) is 67.9 cm³/mol. The molecule has 0 spiro atoms. The smallest absolute Gasteiger partial charge is 0.159 e. The molecule has 5 heteroatoms. The van der Waals surface area contributed by atoms with Crippen molar-refractivity contribution in [1.82, 2.24) is 0 Å². The maximum absolute atomic E-state index is 13.1.